The molecule has 6 nitrogen and oxygen atoms in total. The van der Waals surface area contributed by atoms with E-state index in [1.807, 2.05) is 0 Å². The van der Waals surface area contributed by atoms with E-state index < -0.39 is 18.0 Å². The zero-order valence-electron chi connectivity index (χ0n) is 11.3. The molecule has 1 unspecified atom stereocenters. The first kappa shape index (κ1) is 20.9. The molecule has 0 aromatic rings. The minimum Gasteiger partial charge on any atom is -0.463 e. The molecular weight excluding hydrogens is 288 g/mol. The van der Waals surface area contributed by atoms with Gasteiger partial charge in [-0.3, -0.25) is 0 Å². The lowest BCUT2D eigenvalue weighted by Crippen LogP contribution is -2.18. The zero-order chi connectivity index (χ0) is 15.8. The summed E-state index contributed by atoms with van der Waals surface area (Å²) in [5.74, 6) is -0.896. The third-order valence-electron chi connectivity index (χ3n) is 1.73. The summed E-state index contributed by atoms with van der Waals surface area (Å²) in [6, 6.07) is 0. The Morgan fingerprint density at radius 3 is 2.15 bits per heavy atom. The van der Waals surface area contributed by atoms with Gasteiger partial charge in [-0.2, -0.15) is 0 Å². The molecule has 0 fully saturated rings. The maximum absolute atomic E-state index is 10.4. The number of unbranched alkanes of at least 4 members (excludes halogenated alkanes) is 1. The van der Waals surface area contributed by atoms with Crippen LogP contribution in [0.5, 0.6) is 0 Å². The summed E-state index contributed by atoms with van der Waals surface area (Å²) in [6.07, 6.45) is 2.74. The molecule has 0 aromatic heterocycles. The summed E-state index contributed by atoms with van der Waals surface area (Å²) in [4.78, 5) is 20.7. The molecule has 0 spiro atoms. The summed E-state index contributed by atoms with van der Waals surface area (Å²) < 4.78 is 9.08. The monoisotopic (exact) mass is 308 g/mol. The first-order valence-electron chi connectivity index (χ1n) is 5.95. The van der Waals surface area contributed by atoms with Gasteiger partial charge < -0.3 is 19.7 Å². The van der Waals surface area contributed by atoms with Gasteiger partial charge in [0, 0.05) is 18.8 Å². The first-order chi connectivity index (χ1) is 9.51. The third kappa shape index (κ3) is 16.6. The summed E-state index contributed by atoms with van der Waals surface area (Å²) in [5.41, 5.74) is 0. The standard InChI is InChI=1S/C7H12O3.C6H9ClO3/c1-2-7(9)10-6-4-3-5-8;1-2-6(9)10-4-5(8)3-7/h2,8H,1,3-6H2;2,5,8H,1,3-4H2. The van der Waals surface area contributed by atoms with Gasteiger partial charge in [0.15, 0.2) is 0 Å². The van der Waals surface area contributed by atoms with E-state index in [1.165, 1.54) is 0 Å². The molecular formula is C13H21ClO6. The lowest BCUT2D eigenvalue weighted by Gasteiger charge is -2.04. The van der Waals surface area contributed by atoms with Crippen molar-refractivity contribution < 1.29 is 29.3 Å². The van der Waals surface area contributed by atoms with Crippen LogP contribution in [0.1, 0.15) is 12.8 Å². The molecule has 0 saturated heterocycles. The average molecular weight is 309 g/mol. The number of hydrogen-bond donors (Lipinski definition) is 2. The predicted octanol–water partition coefficient (Wildman–Crippen LogP) is 0.803. The van der Waals surface area contributed by atoms with E-state index >= 15 is 0 Å². The number of carbonyl (C=O) groups is 2. The molecule has 0 bridgehead atoms. The molecule has 0 aliphatic heterocycles. The fourth-order valence-electron chi connectivity index (χ4n) is 0.727. The lowest BCUT2D eigenvalue weighted by molar-refractivity contribution is -0.140. The maximum atomic E-state index is 10.4. The number of aliphatic hydroxyl groups excluding tert-OH is 2. The normalized spacial score (nSPS) is 10.6. The Balaban J connectivity index is 0. The second-order valence-corrected chi connectivity index (χ2v) is 3.75. The number of esters is 2. The van der Waals surface area contributed by atoms with E-state index in [0.29, 0.717) is 19.4 Å². The Bertz CT molecular complexity index is 293. The fourth-order valence-corrected chi connectivity index (χ4v) is 0.816. The van der Waals surface area contributed by atoms with Gasteiger partial charge in [0.25, 0.3) is 0 Å². The Kier molecular flexibility index (Phi) is 16.4. The Hall–Kier alpha value is -1.37. The van der Waals surface area contributed by atoms with Crippen LogP contribution in [0, 0.1) is 0 Å². The highest BCUT2D eigenvalue weighted by atomic mass is 35.5. The first-order valence-corrected chi connectivity index (χ1v) is 6.48. The van der Waals surface area contributed by atoms with Crippen LogP contribution in [-0.4, -0.2) is 54.0 Å². The smallest absolute Gasteiger partial charge is 0.330 e. The number of alkyl halides is 1. The Labute approximate surface area is 123 Å². The van der Waals surface area contributed by atoms with Crippen molar-refractivity contribution in [1.29, 1.82) is 0 Å². The minimum atomic E-state index is -0.787. The SMILES string of the molecule is C=CC(=O)OCC(O)CCl.C=CC(=O)OCCCCO. The van der Waals surface area contributed by atoms with Gasteiger partial charge >= 0.3 is 11.9 Å². The topological polar surface area (TPSA) is 93.1 Å². The van der Waals surface area contributed by atoms with Crippen LogP contribution in [0.4, 0.5) is 0 Å². The summed E-state index contributed by atoms with van der Waals surface area (Å²) >= 11 is 5.21. The van der Waals surface area contributed by atoms with E-state index in [2.05, 4.69) is 22.6 Å². The van der Waals surface area contributed by atoms with Crippen LogP contribution in [0.15, 0.2) is 25.3 Å². The predicted molar refractivity (Wildman–Crippen MR) is 75.4 cm³/mol. The van der Waals surface area contributed by atoms with E-state index in [-0.39, 0.29) is 19.1 Å². The number of halogens is 1. The highest BCUT2D eigenvalue weighted by Gasteiger charge is 2.03. The van der Waals surface area contributed by atoms with Crippen molar-refractivity contribution in [2.24, 2.45) is 0 Å². The van der Waals surface area contributed by atoms with Gasteiger partial charge in [0.05, 0.1) is 12.5 Å². The number of aliphatic hydroxyl groups is 2. The van der Waals surface area contributed by atoms with Crippen LogP contribution in [0.25, 0.3) is 0 Å². The van der Waals surface area contributed by atoms with Crippen molar-refractivity contribution in [1.82, 2.24) is 0 Å². The third-order valence-corrected chi connectivity index (χ3v) is 2.08. The van der Waals surface area contributed by atoms with Crippen LogP contribution in [-0.2, 0) is 19.1 Å². The molecule has 0 aromatic carbocycles. The van der Waals surface area contributed by atoms with Crippen molar-refractivity contribution in [3.8, 4) is 0 Å². The van der Waals surface area contributed by atoms with Crippen LogP contribution in [0.3, 0.4) is 0 Å². The fraction of sp³-hybridized carbons (Fsp3) is 0.538. The second-order valence-electron chi connectivity index (χ2n) is 3.44. The average Bonchev–Trinajstić information content (AvgIpc) is 2.48. The minimum absolute atomic E-state index is 0.0599. The van der Waals surface area contributed by atoms with Gasteiger partial charge in [-0.1, -0.05) is 13.2 Å². The largest absolute Gasteiger partial charge is 0.463 e. The van der Waals surface area contributed by atoms with E-state index in [4.69, 9.17) is 21.8 Å². The number of carbonyl (C=O) groups excluding carboxylic acids is 2. The van der Waals surface area contributed by atoms with Gasteiger partial charge in [-0.15, -0.1) is 11.6 Å². The van der Waals surface area contributed by atoms with E-state index in [0.717, 1.165) is 12.2 Å². The number of hydrogen-bond acceptors (Lipinski definition) is 6. The molecule has 1 atom stereocenters. The second kappa shape index (κ2) is 15.7. The van der Waals surface area contributed by atoms with Crippen molar-refractivity contribution >= 4 is 23.5 Å². The van der Waals surface area contributed by atoms with Crippen molar-refractivity contribution in [3.63, 3.8) is 0 Å². The van der Waals surface area contributed by atoms with Gasteiger partial charge in [0.2, 0.25) is 0 Å². The van der Waals surface area contributed by atoms with Crippen LogP contribution >= 0.6 is 11.6 Å². The van der Waals surface area contributed by atoms with Gasteiger partial charge in [-0.05, 0) is 12.8 Å². The van der Waals surface area contributed by atoms with Gasteiger partial charge in [-0.25, -0.2) is 9.59 Å². The Morgan fingerprint density at radius 1 is 1.15 bits per heavy atom. The molecule has 116 valence electrons. The molecule has 0 rings (SSSR count). The zero-order valence-corrected chi connectivity index (χ0v) is 12.1. The molecule has 0 aliphatic carbocycles. The molecule has 0 aliphatic rings. The highest BCUT2D eigenvalue weighted by molar-refractivity contribution is 6.18. The van der Waals surface area contributed by atoms with Gasteiger partial charge in [0.1, 0.15) is 12.7 Å². The highest BCUT2D eigenvalue weighted by Crippen LogP contribution is 1.90. The number of ether oxygens (including phenoxy) is 2. The van der Waals surface area contributed by atoms with Crippen LogP contribution < -0.4 is 0 Å². The molecule has 20 heavy (non-hydrogen) atoms. The molecule has 0 amide bonds. The maximum Gasteiger partial charge on any atom is 0.330 e. The Morgan fingerprint density at radius 2 is 1.70 bits per heavy atom. The van der Waals surface area contributed by atoms with Crippen molar-refractivity contribution in [2.45, 2.75) is 18.9 Å². The van der Waals surface area contributed by atoms with E-state index in [1.54, 1.807) is 0 Å². The van der Waals surface area contributed by atoms with E-state index in [9.17, 15) is 9.59 Å². The number of rotatable bonds is 9. The molecule has 2 N–H and O–H groups in total. The molecule has 0 saturated carbocycles. The van der Waals surface area contributed by atoms with Crippen LogP contribution in [0.2, 0.25) is 0 Å². The van der Waals surface area contributed by atoms with Crippen molar-refractivity contribution in [2.75, 3.05) is 25.7 Å². The van der Waals surface area contributed by atoms with Crippen molar-refractivity contribution in [3.05, 3.63) is 25.3 Å². The summed E-state index contributed by atoms with van der Waals surface area (Å²) in [6.45, 7) is 6.85. The molecule has 0 heterocycles. The summed E-state index contributed by atoms with van der Waals surface area (Å²) in [5, 5.41) is 17.1. The molecule has 7 heteroatoms. The summed E-state index contributed by atoms with van der Waals surface area (Å²) in [7, 11) is 0. The molecule has 0 radical (unpaired) electrons. The lowest BCUT2D eigenvalue weighted by atomic mass is 10.3. The quantitative estimate of drug-likeness (QED) is 0.283.